The fourth-order valence-corrected chi connectivity index (χ4v) is 5.43. The molecule has 0 spiro atoms. The number of nitrogens with zero attached hydrogens (tertiary/aromatic N) is 2. The second-order valence-electron chi connectivity index (χ2n) is 9.39. The first kappa shape index (κ1) is 30.4. The average Bonchev–Trinajstić information content (AvgIpc) is 2.91. The molecule has 11 heteroatoms. The molecule has 0 aliphatic heterocycles. The molecule has 1 atom stereocenters. The number of amides is 2. The van der Waals surface area contributed by atoms with E-state index >= 15 is 0 Å². The van der Waals surface area contributed by atoms with Crippen LogP contribution >= 0.6 is 23.2 Å². The van der Waals surface area contributed by atoms with E-state index < -0.39 is 40.2 Å². The summed E-state index contributed by atoms with van der Waals surface area (Å²) in [5.41, 5.74) is 0.695. The second kappa shape index (κ2) is 13.3. The molecular weight excluding hydrogens is 564 g/mol. The number of carbonyl (C=O) groups excluding carboxylic acids is 2. The zero-order valence-electron chi connectivity index (χ0n) is 21.8. The van der Waals surface area contributed by atoms with Gasteiger partial charge in [-0.1, -0.05) is 67.4 Å². The van der Waals surface area contributed by atoms with E-state index in [-0.39, 0.29) is 33.1 Å². The lowest BCUT2D eigenvalue weighted by Crippen LogP contribution is -2.51. The van der Waals surface area contributed by atoms with Crippen LogP contribution in [0.4, 0.5) is 10.1 Å². The van der Waals surface area contributed by atoms with Crippen LogP contribution in [0.5, 0.6) is 0 Å². The molecule has 0 aliphatic carbocycles. The molecule has 208 valence electrons. The van der Waals surface area contributed by atoms with E-state index in [1.807, 2.05) is 13.8 Å². The number of hydrogen-bond donors (Lipinski definition) is 1. The van der Waals surface area contributed by atoms with Crippen molar-refractivity contribution in [1.29, 1.82) is 0 Å². The normalized spacial score (nSPS) is 12.2. The fourth-order valence-electron chi connectivity index (χ4n) is 3.71. The molecule has 0 unspecified atom stereocenters. The first-order valence-electron chi connectivity index (χ1n) is 12.2. The SMILES string of the molecule is CC(C)CNC(=O)[C@H](C)N(Cc1ccc(F)cc1)C(=O)CN(c1ccc(Cl)c(Cl)c1)S(=O)(=O)c1ccccc1. The van der Waals surface area contributed by atoms with Crippen LogP contribution in [0.15, 0.2) is 77.7 Å². The zero-order valence-corrected chi connectivity index (χ0v) is 24.1. The zero-order chi connectivity index (χ0) is 28.7. The topological polar surface area (TPSA) is 86.8 Å². The highest BCUT2D eigenvalue weighted by molar-refractivity contribution is 7.92. The highest BCUT2D eigenvalue weighted by Crippen LogP contribution is 2.31. The van der Waals surface area contributed by atoms with Gasteiger partial charge in [0.25, 0.3) is 10.0 Å². The summed E-state index contributed by atoms with van der Waals surface area (Å²) in [6.45, 7) is 5.17. The predicted octanol–water partition coefficient (Wildman–Crippen LogP) is 5.52. The monoisotopic (exact) mass is 593 g/mol. The van der Waals surface area contributed by atoms with Gasteiger partial charge < -0.3 is 10.2 Å². The van der Waals surface area contributed by atoms with Crippen molar-refractivity contribution >= 4 is 50.7 Å². The quantitative estimate of drug-likeness (QED) is 0.317. The van der Waals surface area contributed by atoms with E-state index in [1.165, 1.54) is 59.5 Å². The van der Waals surface area contributed by atoms with Gasteiger partial charge in [-0.2, -0.15) is 0 Å². The number of rotatable bonds is 11. The van der Waals surface area contributed by atoms with E-state index in [0.717, 1.165) is 4.31 Å². The van der Waals surface area contributed by atoms with Crippen LogP contribution in [-0.2, 0) is 26.2 Å². The van der Waals surface area contributed by atoms with Gasteiger partial charge in [0.2, 0.25) is 11.8 Å². The van der Waals surface area contributed by atoms with Crippen molar-refractivity contribution in [2.45, 2.75) is 38.3 Å². The molecule has 3 aromatic rings. The van der Waals surface area contributed by atoms with E-state index in [1.54, 1.807) is 25.1 Å². The van der Waals surface area contributed by atoms with Gasteiger partial charge in [-0.05, 0) is 60.9 Å². The number of benzene rings is 3. The number of halogens is 3. The van der Waals surface area contributed by atoms with Crippen molar-refractivity contribution in [3.63, 3.8) is 0 Å². The number of sulfonamides is 1. The first-order chi connectivity index (χ1) is 18.4. The van der Waals surface area contributed by atoms with Crippen molar-refractivity contribution < 1.29 is 22.4 Å². The van der Waals surface area contributed by atoms with Gasteiger partial charge in [0.05, 0.1) is 20.6 Å². The Morgan fingerprint density at radius 3 is 2.15 bits per heavy atom. The Balaban J connectivity index is 2.02. The molecule has 0 saturated heterocycles. The van der Waals surface area contributed by atoms with Gasteiger partial charge in [0.1, 0.15) is 18.4 Å². The Morgan fingerprint density at radius 2 is 1.56 bits per heavy atom. The number of anilines is 1. The van der Waals surface area contributed by atoms with E-state index in [9.17, 15) is 22.4 Å². The van der Waals surface area contributed by atoms with E-state index in [2.05, 4.69) is 5.32 Å². The van der Waals surface area contributed by atoms with Crippen molar-refractivity contribution in [1.82, 2.24) is 10.2 Å². The summed E-state index contributed by atoms with van der Waals surface area (Å²) < 4.78 is 41.9. The standard InChI is InChI=1S/C28H30Cl2FN3O4S/c1-19(2)16-32-28(36)20(3)33(17-21-9-11-22(31)12-10-21)27(35)18-34(23-13-14-25(29)26(30)15-23)39(37,38)24-7-5-4-6-8-24/h4-15,19-20H,16-18H2,1-3H3,(H,32,36)/t20-/m0/s1. The lowest BCUT2D eigenvalue weighted by Gasteiger charge is -2.32. The molecule has 2 amide bonds. The van der Waals surface area contributed by atoms with Crippen LogP contribution in [0, 0.1) is 11.7 Å². The smallest absolute Gasteiger partial charge is 0.264 e. The third kappa shape index (κ3) is 7.94. The van der Waals surface area contributed by atoms with Gasteiger partial charge >= 0.3 is 0 Å². The number of carbonyl (C=O) groups is 2. The molecule has 0 radical (unpaired) electrons. The maximum absolute atomic E-state index is 13.8. The van der Waals surface area contributed by atoms with Crippen molar-refractivity contribution in [3.05, 3.63) is 94.2 Å². The van der Waals surface area contributed by atoms with Crippen LogP contribution in [0.1, 0.15) is 26.3 Å². The number of nitrogens with one attached hydrogen (secondary N) is 1. The van der Waals surface area contributed by atoms with Crippen molar-refractivity contribution in [3.8, 4) is 0 Å². The minimum absolute atomic E-state index is 0.0309. The summed E-state index contributed by atoms with van der Waals surface area (Å²) in [6, 6.07) is 16.5. The van der Waals surface area contributed by atoms with E-state index in [4.69, 9.17) is 23.2 Å². The molecule has 7 nitrogen and oxygen atoms in total. The fraction of sp³-hybridized carbons (Fsp3) is 0.286. The highest BCUT2D eigenvalue weighted by atomic mass is 35.5. The molecule has 0 fully saturated rings. The maximum atomic E-state index is 13.8. The molecule has 0 bridgehead atoms. The molecule has 39 heavy (non-hydrogen) atoms. The molecule has 0 aromatic heterocycles. The summed E-state index contributed by atoms with van der Waals surface area (Å²) in [4.78, 5) is 28.0. The van der Waals surface area contributed by atoms with Gasteiger partial charge in [-0.25, -0.2) is 12.8 Å². The maximum Gasteiger partial charge on any atom is 0.264 e. The summed E-state index contributed by atoms with van der Waals surface area (Å²) in [7, 11) is -4.22. The van der Waals surface area contributed by atoms with Crippen LogP contribution in [0.2, 0.25) is 10.0 Å². The minimum Gasteiger partial charge on any atom is -0.354 e. The molecule has 3 aromatic carbocycles. The summed E-state index contributed by atoms with van der Waals surface area (Å²) in [5.74, 6) is -1.30. The van der Waals surface area contributed by atoms with Crippen LogP contribution in [0.25, 0.3) is 0 Å². The van der Waals surface area contributed by atoms with Gasteiger partial charge in [-0.15, -0.1) is 0 Å². The van der Waals surface area contributed by atoms with E-state index in [0.29, 0.717) is 12.1 Å². The Morgan fingerprint density at radius 1 is 0.923 bits per heavy atom. The second-order valence-corrected chi connectivity index (χ2v) is 12.1. The van der Waals surface area contributed by atoms with Gasteiger partial charge in [-0.3, -0.25) is 13.9 Å². The Bertz CT molecular complexity index is 1400. The predicted molar refractivity (Wildman–Crippen MR) is 152 cm³/mol. The third-order valence-corrected chi connectivity index (χ3v) is 8.45. The minimum atomic E-state index is -4.22. The van der Waals surface area contributed by atoms with Crippen molar-refractivity contribution in [2.24, 2.45) is 5.92 Å². The van der Waals surface area contributed by atoms with Crippen molar-refractivity contribution in [2.75, 3.05) is 17.4 Å². The average molecular weight is 595 g/mol. The Labute approximate surface area is 238 Å². The third-order valence-electron chi connectivity index (χ3n) is 5.92. The Kier molecular flexibility index (Phi) is 10.4. The summed E-state index contributed by atoms with van der Waals surface area (Å²) in [5, 5.41) is 3.14. The highest BCUT2D eigenvalue weighted by Gasteiger charge is 2.32. The molecule has 0 saturated carbocycles. The van der Waals surface area contributed by atoms with Gasteiger partial charge in [0, 0.05) is 13.1 Å². The van der Waals surface area contributed by atoms with Crippen LogP contribution in [-0.4, -0.2) is 44.3 Å². The molecule has 0 heterocycles. The van der Waals surface area contributed by atoms with Crippen LogP contribution < -0.4 is 9.62 Å². The largest absolute Gasteiger partial charge is 0.354 e. The Hall–Kier alpha value is -3.14. The molecule has 1 N–H and O–H groups in total. The summed E-state index contributed by atoms with van der Waals surface area (Å²) in [6.07, 6.45) is 0. The first-order valence-corrected chi connectivity index (χ1v) is 14.4. The lowest BCUT2D eigenvalue weighted by molar-refractivity contribution is -0.139. The lowest BCUT2D eigenvalue weighted by atomic mass is 10.1. The summed E-state index contributed by atoms with van der Waals surface area (Å²) >= 11 is 12.2. The van der Waals surface area contributed by atoms with Gasteiger partial charge in [0.15, 0.2) is 0 Å². The molecular formula is C28H30Cl2FN3O4S. The number of hydrogen-bond acceptors (Lipinski definition) is 4. The molecule has 0 aliphatic rings. The van der Waals surface area contributed by atoms with Crippen LogP contribution in [0.3, 0.4) is 0 Å². The molecule has 3 rings (SSSR count).